The van der Waals surface area contributed by atoms with Crippen LogP contribution in [0.15, 0.2) is 30.3 Å². The van der Waals surface area contributed by atoms with Crippen LogP contribution in [0, 0.1) is 6.92 Å². The maximum Gasteiger partial charge on any atom is 0.338 e. The predicted molar refractivity (Wildman–Crippen MR) is 107 cm³/mol. The Morgan fingerprint density at radius 3 is 2.79 bits per heavy atom. The fraction of sp³-hybridized carbons (Fsp3) is 0.333. The Labute approximate surface area is 168 Å². The predicted octanol–water partition coefficient (Wildman–Crippen LogP) is 4.17. The Bertz CT molecular complexity index is 897. The average molecular weight is 404 g/mol. The number of nitrogens with one attached hydrogen (secondary N) is 1. The summed E-state index contributed by atoms with van der Waals surface area (Å²) >= 11 is 6.19. The van der Waals surface area contributed by atoms with Gasteiger partial charge in [0.15, 0.2) is 18.1 Å². The number of amides is 1. The Morgan fingerprint density at radius 1 is 1.21 bits per heavy atom. The second-order valence-corrected chi connectivity index (χ2v) is 6.83. The Balaban J connectivity index is 1.65. The van der Waals surface area contributed by atoms with Gasteiger partial charge in [0.2, 0.25) is 0 Å². The van der Waals surface area contributed by atoms with Gasteiger partial charge in [0, 0.05) is 12.1 Å². The molecule has 0 saturated carbocycles. The van der Waals surface area contributed by atoms with Gasteiger partial charge in [0.25, 0.3) is 5.91 Å². The van der Waals surface area contributed by atoms with Gasteiger partial charge in [-0.25, -0.2) is 4.79 Å². The van der Waals surface area contributed by atoms with Crippen LogP contribution in [-0.4, -0.2) is 31.7 Å². The molecular weight excluding hydrogens is 382 g/mol. The highest BCUT2D eigenvalue weighted by Crippen LogP contribution is 2.38. The Morgan fingerprint density at radius 2 is 2.00 bits per heavy atom. The first-order chi connectivity index (χ1) is 13.5. The van der Waals surface area contributed by atoms with Crippen molar-refractivity contribution in [3.8, 4) is 11.5 Å². The van der Waals surface area contributed by atoms with E-state index in [1.54, 1.807) is 0 Å². The number of halogens is 1. The highest BCUT2D eigenvalue weighted by atomic mass is 35.5. The number of rotatable bonds is 5. The lowest BCUT2D eigenvalue weighted by molar-refractivity contribution is -0.119. The van der Waals surface area contributed by atoms with E-state index >= 15 is 0 Å². The van der Waals surface area contributed by atoms with Crippen LogP contribution >= 0.6 is 11.6 Å². The summed E-state index contributed by atoms with van der Waals surface area (Å²) in [5.41, 5.74) is 2.93. The van der Waals surface area contributed by atoms with E-state index in [-0.39, 0.29) is 10.6 Å². The normalized spacial score (nSPS) is 12.8. The molecule has 0 saturated heterocycles. The van der Waals surface area contributed by atoms with E-state index < -0.39 is 18.5 Å². The second-order valence-electron chi connectivity index (χ2n) is 6.42. The van der Waals surface area contributed by atoms with Gasteiger partial charge < -0.3 is 19.5 Å². The molecule has 2 aromatic rings. The molecule has 0 unspecified atom stereocenters. The zero-order valence-electron chi connectivity index (χ0n) is 15.8. The van der Waals surface area contributed by atoms with E-state index in [4.69, 9.17) is 25.8 Å². The van der Waals surface area contributed by atoms with E-state index in [0.29, 0.717) is 24.7 Å². The number of benzene rings is 2. The van der Waals surface area contributed by atoms with E-state index in [1.807, 2.05) is 32.0 Å². The van der Waals surface area contributed by atoms with Crippen molar-refractivity contribution in [2.45, 2.75) is 26.7 Å². The molecule has 0 fully saturated rings. The van der Waals surface area contributed by atoms with Crippen LogP contribution in [0.4, 0.5) is 5.69 Å². The molecule has 2 aromatic carbocycles. The number of anilines is 1. The van der Waals surface area contributed by atoms with E-state index in [2.05, 4.69) is 5.32 Å². The summed E-state index contributed by atoms with van der Waals surface area (Å²) in [5, 5.41) is 3.09. The molecule has 1 aliphatic heterocycles. The Kier molecular flexibility index (Phi) is 6.41. The summed E-state index contributed by atoms with van der Waals surface area (Å²) in [5.74, 6) is -0.250. The number of carbonyl (C=O) groups excluding carboxylic acids is 2. The minimum atomic E-state index is -0.659. The lowest BCUT2D eigenvalue weighted by Crippen LogP contribution is -2.22. The molecule has 1 N–H and O–H groups in total. The maximum atomic E-state index is 12.4. The molecule has 3 rings (SSSR count). The van der Waals surface area contributed by atoms with Crippen molar-refractivity contribution in [3.05, 3.63) is 52.0 Å². The summed E-state index contributed by atoms with van der Waals surface area (Å²) in [6, 6.07) is 8.78. The molecule has 148 valence electrons. The number of hydrogen-bond acceptors (Lipinski definition) is 5. The topological polar surface area (TPSA) is 73.9 Å². The first-order valence-electron chi connectivity index (χ1n) is 9.14. The summed E-state index contributed by atoms with van der Waals surface area (Å²) in [6.07, 6.45) is 1.51. The number of esters is 1. The standard InChI is InChI=1S/C21H22ClNO5/c1-3-14-7-4-6-13(2)19(14)23-18(24)12-28-21(25)15-10-16(22)20-17(11-15)26-8-5-9-27-20/h4,6-7,10-11H,3,5,8-9,12H2,1-2H3,(H,23,24). The second kappa shape index (κ2) is 8.97. The Hall–Kier alpha value is -2.73. The third-order valence-electron chi connectivity index (χ3n) is 4.38. The van der Waals surface area contributed by atoms with Gasteiger partial charge in [-0.2, -0.15) is 0 Å². The number of aryl methyl sites for hydroxylation is 2. The van der Waals surface area contributed by atoms with Crippen LogP contribution in [0.25, 0.3) is 0 Å². The van der Waals surface area contributed by atoms with Crippen LogP contribution < -0.4 is 14.8 Å². The molecule has 1 aliphatic rings. The molecule has 0 spiro atoms. The quantitative estimate of drug-likeness (QED) is 0.758. The number of carbonyl (C=O) groups is 2. The van der Waals surface area contributed by atoms with Crippen LogP contribution in [0.3, 0.4) is 0 Å². The number of fused-ring (bicyclic) bond motifs is 1. The van der Waals surface area contributed by atoms with Crippen molar-refractivity contribution >= 4 is 29.2 Å². The van der Waals surface area contributed by atoms with Crippen molar-refractivity contribution in [2.75, 3.05) is 25.1 Å². The molecule has 6 nitrogen and oxygen atoms in total. The summed E-state index contributed by atoms with van der Waals surface area (Å²) in [4.78, 5) is 24.6. The van der Waals surface area contributed by atoms with E-state index in [1.165, 1.54) is 12.1 Å². The largest absolute Gasteiger partial charge is 0.489 e. The van der Waals surface area contributed by atoms with Crippen molar-refractivity contribution in [1.29, 1.82) is 0 Å². The molecule has 1 heterocycles. The molecule has 1 amide bonds. The first-order valence-corrected chi connectivity index (χ1v) is 9.52. The molecule has 0 bridgehead atoms. The fourth-order valence-electron chi connectivity index (χ4n) is 2.94. The zero-order valence-corrected chi connectivity index (χ0v) is 16.6. The zero-order chi connectivity index (χ0) is 20.1. The van der Waals surface area contributed by atoms with Gasteiger partial charge in [-0.05, 0) is 36.6 Å². The first kappa shape index (κ1) is 20.0. The summed E-state index contributed by atoms with van der Waals surface area (Å²) in [7, 11) is 0. The van der Waals surface area contributed by atoms with Gasteiger partial charge in [-0.3, -0.25) is 4.79 Å². The van der Waals surface area contributed by atoms with Crippen molar-refractivity contribution < 1.29 is 23.8 Å². The smallest absolute Gasteiger partial charge is 0.338 e. The molecule has 0 radical (unpaired) electrons. The molecular formula is C21H22ClNO5. The average Bonchev–Trinajstić information content (AvgIpc) is 2.93. The van der Waals surface area contributed by atoms with Crippen molar-refractivity contribution in [2.24, 2.45) is 0 Å². The van der Waals surface area contributed by atoms with E-state index in [0.717, 1.165) is 29.7 Å². The third-order valence-corrected chi connectivity index (χ3v) is 4.66. The van der Waals surface area contributed by atoms with Crippen LogP contribution in [0.5, 0.6) is 11.5 Å². The maximum absolute atomic E-state index is 12.4. The minimum absolute atomic E-state index is 0.201. The van der Waals surface area contributed by atoms with Crippen molar-refractivity contribution in [3.63, 3.8) is 0 Å². The molecule has 28 heavy (non-hydrogen) atoms. The minimum Gasteiger partial charge on any atom is -0.489 e. The van der Waals surface area contributed by atoms with Crippen LogP contribution in [0.1, 0.15) is 34.8 Å². The van der Waals surface area contributed by atoms with Crippen LogP contribution in [-0.2, 0) is 16.0 Å². The van der Waals surface area contributed by atoms with Crippen molar-refractivity contribution in [1.82, 2.24) is 0 Å². The van der Waals surface area contributed by atoms with Gasteiger partial charge in [-0.15, -0.1) is 0 Å². The highest BCUT2D eigenvalue weighted by Gasteiger charge is 2.20. The van der Waals surface area contributed by atoms with Crippen LogP contribution in [0.2, 0.25) is 5.02 Å². The van der Waals surface area contributed by atoms with Gasteiger partial charge in [0.1, 0.15) is 0 Å². The summed E-state index contributed by atoms with van der Waals surface area (Å²) < 4.78 is 16.3. The van der Waals surface area contributed by atoms with Gasteiger partial charge in [-0.1, -0.05) is 36.7 Å². The highest BCUT2D eigenvalue weighted by molar-refractivity contribution is 6.32. The molecule has 7 heteroatoms. The van der Waals surface area contributed by atoms with Gasteiger partial charge >= 0.3 is 5.97 Å². The molecule has 0 atom stereocenters. The summed E-state index contributed by atoms with van der Waals surface area (Å²) in [6.45, 7) is 4.50. The molecule has 0 aliphatic carbocycles. The lowest BCUT2D eigenvalue weighted by atomic mass is 10.1. The number of hydrogen-bond donors (Lipinski definition) is 1. The number of para-hydroxylation sites is 1. The number of ether oxygens (including phenoxy) is 3. The lowest BCUT2D eigenvalue weighted by Gasteiger charge is -2.13. The molecule has 0 aromatic heterocycles. The third kappa shape index (κ3) is 4.57. The monoisotopic (exact) mass is 403 g/mol. The SMILES string of the molecule is CCc1cccc(C)c1NC(=O)COC(=O)c1cc(Cl)c2c(c1)OCCCO2. The fourth-order valence-corrected chi connectivity index (χ4v) is 3.21. The van der Waals surface area contributed by atoms with E-state index in [9.17, 15) is 9.59 Å². The van der Waals surface area contributed by atoms with Gasteiger partial charge in [0.05, 0.1) is 23.8 Å².